The molecule has 0 atom stereocenters. The predicted molar refractivity (Wildman–Crippen MR) is 154 cm³/mol. The maximum Gasteiger partial charge on any atom is 0.332 e. The van der Waals surface area contributed by atoms with Gasteiger partial charge >= 0.3 is 5.69 Å². The highest BCUT2D eigenvalue weighted by Crippen LogP contribution is 2.23. The van der Waals surface area contributed by atoms with Crippen molar-refractivity contribution in [1.82, 2.24) is 23.6 Å². The fourth-order valence-electron chi connectivity index (χ4n) is 5.16. The number of rotatable bonds is 6. The van der Waals surface area contributed by atoms with Gasteiger partial charge in [0.05, 0.1) is 13.1 Å². The summed E-state index contributed by atoms with van der Waals surface area (Å²) in [6.45, 7) is 7.25. The van der Waals surface area contributed by atoms with Gasteiger partial charge in [-0.3, -0.25) is 28.2 Å². The number of anilines is 2. The molecule has 2 aromatic carbocycles. The lowest BCUT2D eigenvalue weighted by Crippen LogP contribution is -2.49. The zero-order chi connectivity index (χ0) is 27.8. The molecule has 0 saturated carbocycles. The second-order valence-electron chi connectivity index (χ2n) is 10.2. The standard InChI is InChI=1S/C28H32ClN7O3/c1-18-13-19(2)15-22(14-18)30-23(37)17-34-9-11-35(12-10-34)27-31-25-24(26(38)33(4)28(39)32(25)3)36(27)16-20-5-7-21(29)8-6-20/h5-8,13-15H,9-12,16-17H2,1-4H3,(H,30,37). The quantitative estimate of drug-likeness (QED) is 0.397. The van der Waals surface area contributed by atoms with Crippen LogP contribution in [0.5, 0.6) is 0 Å². The number of nitrogens with zero attached hydrogens (tertiary/aromatic N) is 6. The first-order valence-electron chi connectivity index (χ1n) is 12.9. The molecule has 2 aromatic heterocycles. The van der Waals surface area contributed by atoms with Crippen molar-refractivity contribution in [3.8, 4) is 0 Å². The summed E-state index contributed by atoms with van der Waals surface area (Å²) >= 11 is 6.08. The maximum absolute atomic E-state index is 13.2. The monoisotopic (exact) mass is 549 g/mol. The molecule has 1 fully saturated rings. The Balaban J connectivity index is 1.38. The van der Waals surface area contributed by atoms with Crippen LogP contribution in [0.1, 0.15) is 16.7 Å². The van der Waals surface area contributed by atoms with Crippen LogP contribution in [-0.4, -0.2) is 62.2 Å². The molecule has 39 heavy (non-hydrogen) atoms. The van der Waals surface area contributed by atoms with Crippen molar-refractivity contribution in [3.05, 3.63) is 85.0 Å². The summed E-state index contributed by atoms with van der Waals surface area (Å²) in [4.78, 5) is 47.6. The molecule has 204 valence electrons. The van der Waals surface area contributed by atoms with Gasteiger partial charge in [-0.1, -0.05) is 29.8 Å². The van der Waals surface area contributed by atoms with E-state index in [0.29, 0.717) is 54.9 Å². The van der Waals surface area contributed by atoms with Gasteiger partial charge in [0.2, 0.25) is 11.9 Å². The van der Waals surface area contributed by atoms with Gasteiger partial charge in [0.25, 0.3) is 5.56 Å². The molecule has 0 aliphatic carbocycles. The topological polar surface area (TPSA) is 97.4 Å². The minimum absolute atomic E-state index is 0.0538. The molecule has 1 N–H and O–H groups in total. The number of aromatic nitrogens is 4. The van der Waals surface area contributed by atoms with E-state index in [0.717, 1.165) is 26.9 Å². The average molecular weight is 550 g/mol. The first kappa shape index (κ1) is 26.7. The molecule has 5 rings (SSSR count). The van der Waals surface area contributed by atoms with E-state index in [4.69, 9.17) is 16.6 Å². The minimum atomic E-state index is -0.421. The molecule has 0 bridgehead atoms. The molecule has 1 aliphatic heterocycles. The molecule has 1 saturated heterocycles. The molecule has 0 radical (unpaired) electrons. The second kappa shape index (κ2) is 10.7. The Kier molecular flexibility index (Phi) is 7.33. The predicted octanol–water partition coefficient (Wildman–Crippen LogP) is 2.51. The van der Waals surface area contributed by atoms with Crippen molar-refractivity contribution in [3.63, 3.8) is 0 Å². The fraction of sp³-hybridized carbons (Fsp3) is 0.357. The molecule has 1 aliphatic rings. The van der Waals surface area contributed by atoms with Gasteiger partial charge in [-0.25, -0.2) is 4.79 Å². The number of imidazole rings is 1. The van der Waals surface area contributed by atoms with E-state index in [1.54, 1.807) is 7.05 Å². The van der Waals surface area contributed by atoms with Gasteiger partial charge in [-0.05, 0) is 54.8 Å². The van der Waals surface area contributed by atoms with Gasteiger partial charge in [-0.15, -0.1) is 0 Å². The average Bonchev–Trinajstić information content (AvgIpc) is 3.26. The molecular weight excluding hydrogens is 518 g/mol. The third-order valence-corrected chi connectivity index (χ3v) is 7.36. The van der Waals surface area contributed by atoms with E-state index >= 15 is 0 Å². The van der Waals surface area contributed by atoms with E-state index in [-0.39, 0.29) is 18.0 Å². The number of hydrogen-bond acceptors (Lipinski definition) is 6. The fourth-order valence-corrected chi connectivity index (χ4v) is 5.28. The highest BCUT2D eigenvalue weighted by atomic mass is 35.5. The molecule has 4 aromatic rings. The lowest BCUT2D eigenvalue weighted by atomic mass is 10.1. The number of piperazine rings is 1. The second-order valence-corrected chi connectivity index (χ2v) is 10.6. The number of halogens is 1. The van der Waals surface area contributed by atoms with Crippen LogP contribution in [0.15, 0.2) is 52.1 Å². The van der Waals surface area contributed by atoms with Gasteiger partial charge in [0.1, 0.15) is 0 Å². The number of aryl methyl sites for hydroxylation is 3. The van der Waals surface area contributed by atoms with E-state index in [1.807, 2.05) is 54.8 Å². The number of nitrogens with one attached hydrogen (secondary N) is 1. The molecule has 1 amide bonds. The zero-order valence-corrected chi connectivity index (χ0v) is 23.3. The summed E-state index contributed by atoms with van der Waals surface area (Å²) < 4.78 is 4.40. The first-order valence-corrected chi connectivity index (χ1v) is 13.2. The third kappa shape index (κ3) is 5.48. The van der Waals surface area contributed by atoms with Crippen LogP contribution < -0.4 is 21.5 Å². The maximum atomic E-state index is 13.2. The van der Waals surface area contributed by atoms with Gasteiger partial charge in [0, 0.05) is 51.0 Å². The number of carbonyl (C=O) groups is 1. The van der Waals surface area contributed by atoms with E-state index in [2.05, 4.69) is 21.2 Å². The Hall–Kier alpha value is -3.89. The molecular formula is C28H32ClN7O3. The van der Waals surface area contributed by atoms with Crippen molar-refractivity contribution in [2.24, 2.45) is 14.1 Å². The SMILES string of the molecule is Cc1cc(C)cc(NC(=O)CN2CCN(c3nc4c(c(=O)n(C)c(=O)n4C)n3Cc3ccc(Cl)cc3)CC2)c1. The summed E-state index contributed by atoms with van der Waals surface area (Å²) in [7, 11) is 3.10. The van der Waals surface area contributed by atoms with Crippen molar-refractivity contribution in [2.75, 3.05) is 42.9 Å². The van der Waals surface area contributed by atoms with Crippen LogP contribution >= 0.6 is 11.6 Å². The summed E-state index contributed by atoms with van der Waals surface area (Å²) in [6.07, 6.45) is 0. The minimum Gasteiger partial charge on any atom is -0.340 e. The van der Waals surface area contributed by atoms with Crippen LogP contribution in [0.25, 0.3) is 11.2 Å². The molecule has 0 spiro atoms. The zero-order valence-electron chi connectivity index (χ0n) is 22.6. The first-order chi connectivity index (χ1) is 18.6. The summed E-state index contributed by atoms with van der Waals surface area (Å²) in [5.74, 6) is 0.569. The largest absolute Gasteiger partial charge is 0.340 e. The highest BCUT2D eigenvalue weighted by molar-refractivity contribution is 6.30. The van der Waals surface area contributed by atoms with Crippen LogP contribution in [0.2, 0.25) is 5.02 Å². The smallest absolute Gasteiger partial charge is 0.332 e. The molecule has 3 heterocycles. The van der Waals surface area contributed by atoms with Crippen molar-refractivity contribution >= 4 is 40.3 Å². The Labute approximate surface area is 231 Å². The Morgan fingerprint density at radius 3 is 2.23 bits per heavy atom. The number of benzene rings is 2. The normalized spacial score (nSPS) is 14.2. The third-order valence-electron chi connectivity index (χ3n) is 7.11. The van der Waals surface area contributed by atoms with E-state index < -0.39 is 5.69 Å². The summed E-state index contributed by atoms with van der Waals surface area (Å²) in [5.41, 5.74) is 3.89. The van der Waals surface area contributed by atoms with Crippen molar-refractivity contribution < 1.29 is 4.79 Å². The van der Waals surface area contributed by atoms with Crippen LogP contribution in [0.4, 0.5) is 11.6 Å². The van der Waals surface area contributed by atoms with Crippen LogP contribution in [0.3, 0.4) is 0 Å². The Morgan fingerprint density at radius 1 is 0.949 bits per heavy atom. The van der Waals surface area contributed by atoms with E-state index in [9.17, 15) is 14.4 Å². The molecule has 0 unspecified atom stereocenters. The Morgan fingerprint density at radius 2 is 1.59 bits per heavy atom. The van der Waals surface area contributed by atoms with Crippen molar-refractivity contribution in [1.29, 1.82) is 0 Å². The van der Waals surface area contributed by atoms with Gasteiger partial charge < -0.3 is 10.2 Å². The summed E-state index contributed by atoms with van der Waals surface area (Å²) in [6, 6.07) is 13.4. The number of hydrogen-bond donors (Lipinski definition) is 1. The lowest BCUT2D eigenvalue weighted by molar-refractivity contribution is -0.117. The summed E-state index contributed by atoms with van der Waals surface area (Å²) in [5, 5.41) is 3.64. The highest BCUT2D eigenvalue weighted by Gasteiger charge is 2.26. The number of carbonyl (C=O) groups excluding carboxylic acids is 1. The van der Waals surface area contributed by atoms with E-state index in [1.165, 1.54) is 11.6 Å². The van der Waals surface area contributed by atoms with Crippen molar-refractivity contribution in [2.45, 2.75) is 20.4 Å². The Bertz CT molecular complexity index is 1640. The van der Waals surface area contributed by atoms with Crippen LogP contribution in [-0.2, 0) is 25.4 Å². The van der Waals surface area contributed by atoms with Gasteiger partial charge in [0.15, 0.2) is 11.2 Å². The molecule has 10 nitrogen and oxygen atoms in total. The van der Waals surface area contributed by atoms with Gasteiger partial charge in [-0.2, -0.15) is 4.98 Å². The lowest BCUT2D eigenvalue weighted by Gasteiger charge is -2.35. The number of amides is 1. The number of fused-ring (bicyclic) bond motifs is 1. The van der Waals surface area contributed by atoms with Crippen LogP contribution in [0, 0.1) is 13.8 Å². The molecule has 11 heteroatoms.